The predicted molar refractivity (Wildman–Crippen MR) is 245 cm³/mol. The molecule has 2 aliphatic carbocycles. The molecule has 9 heteroatoms. The standard InChI is InChI=1S/C26H37NO3.C22H30O4.C4H9N/c1-5-6-7-10-18-16-21-23(24(28)22(18)25(29)27-13-8-9-14-27)19-15-17(2)11-12-20(19)26(3,4)30-21;1-5-6-7-8-14-12-17-19(20(23)18(14)21(24)25)15-11-13(2)9-10-16(15)22(3,4)26-17;1-2-4-5-3-1/h15-16,19-20,28H,5-14H2,1-4H3;11-12,15-16,23H,5-10H2,1-4H3,(H,24,25);5H,1-4H2/t19-,20-;15-,16-;/m11./s1. The summed E-state index contributed by atoms with van der Waals surface area (Å²) in [6.07, 6.45) is 21.2. The van der Waals surface area contributed by atoms with Crippen LogP contribution in [0.2, 0.25) is 0 Å². The van der Waals surface area contributed by atoms with Crippen molar-refractivity contribution in [3.05, 3.63) is 68.8 Å². The van der Waals surface area contributed by atoms with E-state index in [0.717, 1.165) is 113 Å². The molecular formula is C52H76N2O7. The van der Waals surface area contributed by atoms with Crippen molar-refractivity contribution < 1.29 is 34.4 Å². The van der Waals surface area contributed by atoms with Crippen LogP contribution in [0.4, 0.5) is 0 Å². The molecule has 4 aliphatic heterocycles. The van der Waals surface area contributed by atoms with Gasteiger partial charge in [-0.15, -0.1) is 0 Å². The number of phenols is 2. The zero-order chi connectivity index (χ0) is 44.1. The molecule has 0 saturated carbocycles. The lowest BCUT2D eigenvalue weighted by atomic mass is 9.67. The number of carbonyl (C=O) groups is 2. The van der Waals surface area contributed by atoms with E-state index in [1.807, 2.05) is 11.0 Å². The number of carboxylic acid groups (broad SMARTS) is 1. The molecule has 2 saturated heterocycles. The van der Waals surface area contributed by atoms with Gasteiger partial charge in [-0.2, -0.15) is 0 Å². The van der Waals surface area contributed by atoms with Gasteiger partial charge in [0.25, 0.3) is 5.91 Å². The van der Waals surface area contributed by atoms with Crippen LogP contribution in [0.5, 0.6) is 23.0 Å². The van der Waals surface area contributed by atoms with Crippen molar-refractivity contribution in [2.24, 2.45) is 11.8 Å². The molecule has 0 aromatic heterocycles. The van der Waals surface area contributed by atoms with Gasteiger partial charge in [0.2, 0.25) is 0 Å². The van der Waals surface area contributed by atoms with Gasteiger partial charge in [0.05, 0.1) is 5.56 Å². The van der Waals surface area contributed by atoms with E-state index < -0.39 is 5.97 Å². The van der Waals surface area contributed by atoms with Crippen molar-refractivity contribution >= 4 is 11.9 Å². The van der Waals surface area contributed by atoms with Crippen molar-refractivity contribution in [1.29, 1.82) is 0 Å². The fraction of sp³-hybridized carbons (Fsp3) is 0.654. The summed E-state index contributed by atoms with van der Waals surface area (Å²) in [6.45, 7) is 21.2. The molecule has 61 heavy (non-hydrogen) atoms. The van der Waals surface area contributed by atoms with Gasteiger partial charge in [-0.1, -0.05) is 62.8 Å². The number of phenolic OH excluding ortho intramolecular Hbond substituents is 1. The molecule has 0 radical (unpaired) electrons. The van der Waals surface area contributed by atoms with E-state index in [-0.39, 0.29) is 51.9 Å². The number of carbonyl (C=O) groups excluding carboxylic acids is 1. The van der Waals surface area contributed by atoms with Crippen molar-refractivity contribution in [2.75, 3.05) is 26.2 Å². The number of aromatic hydroxyl groups is 2. The number of likely N-dealkylation sites (tertiary alicyclic amines) is 1. The minimum absolute atomic E-state index is 0.00260. The first kappa shape index (κ1) is 46.5. The molecule has 0 unspecified atom stereocenters. The summed E-state index contributed by atoms with van der Waals surface area (Å²) in [6, 6.07) is 3.94. The summed E-state index contributed by atoms with van der Waals surface area (Å²) in [4.78, 5) is 27.3. The monoisotopic (exact) mass is 841 g/mol. The number of fused-ring (bicyclic) bond motifs is 6. The van der Waals surface area contributed by atoms with E-state index >= 15 is 0 Å². The number of rotatable bonds is 10. The summed E-state index contributed by atoms with van der Waals surface area (Å²) in [5.74, 6) is 1.08. The van der Waals surface area contributed by atoms with E-state index in [4.69, 9.17) is 9.47 Å². The Labute approximate surface area is 366 Å². The lowest BCUT2D eigenvalue weighted by Crippen LogP contribution is -2.45. The van der Waals surface area contributed by atoms with Crippen molar-refractivity contribution in [1.82, 2.24) is 10.2 Å². The fourth-order valence-electron chi connectivity index (χ4n) is 10.9. The molecule has 9 nitrogen and oxygen atoms in total. The third-order valence-electron chi connectivity index (χ3n) is 14.3. The second kappa shape index (κ2) is 20.0. The lowest BCUT2D eigenvalue weighted by Gasteiger charge is -2.46. The van der Waals surface area contributed by atoms with Gasteiger partial charge in [-0.3, -0.25) is 4.79 Å². The second-order valence-corrected chi connectivity index (χ2v) is 19.8. The maximum atomic E-state index is 13.5. The molecule has 4 atom stereocenters. The number of nitrogens with zero attached hydrogens (tertiary/aromatic N) is 1. The first-order valence-electron chi connectivity index (χ1n) is 23.8. The van der Waals surface area contributed by atoms with Crippen LogP contribution in [0, 0.1) is 11.8 Å². The highest BCUT2D eigenvalue weighted by Crippen LogP contribution is 2.56. The summed E-state index contributed by atoms with van der Waals surface area (Å²) in [7, 11) is 0. The number of unbranched alkanes of at least 4 members (excludes halogenated alkanes) is 4. The van der Waals surface area contributed by atoms with Crippen LogP contribution in [-0.4, -0.2) is 69.5 Å². The van der Waals surface area contributed by atoms with Crippen molar-refractivity contribution in [3.8, 4) is 23.0 Å². The van der Waals surface area contributed by atoms with Gasteiger partial charge in [0.15, 0.2) is 0 Å². The third kappa shape index (κ3) is 10.3. The highest BCUT2D eigenvalue weighted by Gasteiger charge is 2.48. The Morgan fingerprint density at radius 1 is 0.705 bits per heavy atom. The number of aryl methyl sites for hydroxylation is 2. The van der Waals surface area contributed by atoms with Gasteiger partial charge in [0.1, 0.15) is 39.8 Å². The minimum Gasteiger partial charge on any atom is -0.507 e. The molecule has 6 aliphatic rings. The van der Waals surface area contributed by atoms with Crippen molar-refractivity contribution in [3.63, 3.8) is 0 Å². The molecular weight excluding hydrogens is 765 g/mol. The highest BCUT2D eigenvalue weighted by atomic mass is 16.5. The average molecular weight is 841 g/mol. The molecule has 4 heterocycles. The number of benzene rings is 2. The van der Waals surface area contributed by atoms with E-state index in [1.54, 1.807) is 0 Å². The van der Waals surface area contributed by atoms with Gasteiger partial charge in [0, 0.05) is 47.9 Å². The molecule has 0 spiro atoms. The SMILES string of the molecule is C1CCNC1.CCCCCc1cc2c(c(O)c1C(=O)N1CCCC1)[C@@H]1C=C(C)CC[C@H]1C(C)(C)O2.CCCCCc1cc2c(c(O)c1C(=O)O)[C@@H]1C=C(C)CC[C@H]1C(C)(C)O2. The van der Waals surface area contributed by atoms with Gasteiger partial charge in [-0.25, -0.2) is 4.79 Å². The van der Waals surface area contributed by atoms with E-state index in [2.05, 4.69) is 78.9 Å². The third-order valence-corrected chi connectivity index (χ3v) is 14.3. The molecule has 336 valence electrons. The Balaban J connectivity index is 0.000000184. The normalized spacial score (nSPS) is 24.1. The fourth-order valence-corrected chi connectivity index (χ4v) is 10.9. The Morgan fingerprint density at radius 2 is 1.15 bits per heavy atom. The maximum Gasteiger partial charge on any atom is 0.339 e. The summed E-state index contributed by atoms with van der Waals surface area (Å²) in [5, 5.41) is 35.5. The molecule has 8 rings (SSSR count). The van der Waals surface area contributed by atoms with E-state index in [0.29, 0.717) is 34.8 Å². The Hall–Kier alpha value is -3.98. The molecule has 0 bridgehead atoms. The van der Waals surface area contributed by atoms with Crippen molar-refractivity contribution in [2.45, 2.75) is 181 Å². The largest absolute Gasteiger partial charge is 0.507 e. The van der Waals surface area contributed by atoms with Gasteiger partial charge < -0.3 is 35.0 Å². The van der Waals surface area contributed by atoms with Crippen LogP contribution in [0.1, 0.15) is 200 Å². The van der Waals surface area contributed by atoms with Crippen LogP contribution >= 0.6 is 0 Å². The molecule has 2 aromatic carbocycles. The van der Waals surface area contributed by atoms with Gasteiger partial charge in [-0.05, 0) is 155 Å². The van der Waals surface area contributed by atoms with E-state index in [9.17, 15) is 24.9 Å². The summed E-state index contributed by atoms with van der Waals surface area (Å²) >= 11 is 0. The van der Waals surface area contributed by atoms with Crippen LogP contribution in [-0.2, 0) is 12.8 Å². The van der Waals surface area contributed by atoms with Crippen LogP contribution in [0.25, 0.3) is 0 Å². The average Bonchev–Trinajstić information content (AvgIpc) is 3.96. The zero-order valence-electron chi connectivity index (χ0n) is 38.7. The van der Waals surface area contributed by atoms with Crippen LogP contribution < -0.4 is 14.8 Å². The highest BCUT2D eigenvalue weighted by molar-refractivity contribution is 5.99. The molecule has 1 amide bonds. The zero-order valence-corrected chi connectivity index (χ0v) is 38.7. The number of ether oxygens (including phenoxy) is 2. The minimum atomic E-state index is -1.06. The number of amides is 1. The molecule has 2 aromatic rings. The quantitative estimate of drug-likeness (QED) is 0.138. The molecule has 4 N–H and O–H groups in total. The number of aromatic carboxylic acids is 1. The summed E-state index contributed by atoms with van der Waals surface area (Å²) in [5.41, 5.74) is 5.72. The number of carboxylic acids is 1. The first-order valence-corrected chi connectivity index (χ1v) is 23.8. The molecule has 2 fully saturated rings. The number of allylic oxidation sites excluding steroid dienone is 4. The first-order chi connectivity index (χ1) is 29.1. The summed E-state index contributed by atoms with van der Waals surface area (Å²) < 4.78 is 12.8. The Bertz CT molecular complexity index is 1940. The van der Waals surface area contributed by atoms with E-state index in [1.165, 1.54) is 37.1 Å². The number of hydrogen-bond acceptors (Lipinski definition) is 7. The lowest BCUT2D eigenvalue weighted by molar-refractivity contribution is 0.0102. The smallest absolute Gasteiger partial charge is 0.339 e. The number of hydrogen-bond donors (Lipinski definition) is 4. The maximum absolute atomic E-state index is 13.5. The topological polar surface area (TPSA) is 129 Å². The van der Waals surface area contributed by atoms with Crippen LogP contribution in [0.15, 0.2) is 35.4 Å². The van der Waals surface area contributed by atoms with Gasteiger partial charge >= 0.3 is 5.97 Å². The Kier molecular flexibility index (Phi) is 15.3. The van der Waals surface area contributed by atoms with Crippen LogP contribution in [0.3, 0.4) is 0 Å². The predicted octanol–water partition coefficient (Wildman–Crippen LogP) is 11.8. The Morgan fingerprint density at radius 3 is 1.56 bits per heavy atom. The second-order valence-electron chi connectivity index (χ2n) is 19.8. The number of nitrogens with one attached hydrogen (secondary N) is 1.